The predicted molar refractivity (Wildman–Crippen MR) is 76.8 cm³/mol. The summed E-state index contributed by atoms with van der Waals surface area (Å²) in [6.45, 7) is 4.37. The largest absolute Gasteiger partial charge is 0.241 e. The summed E-state index contributed by atoms with van der Waals surface area (Å²) >= 11 is 4.03. The fourth-order valence-corrected chi connectivity index (χ4v) is 2.75. The second kappa shape index (κ2) is 4.61. The lowest BCUT2D eigenvalue weighted by atomic mass is 10.2. The molecule has 1 aromatic heterocycles. The number of halogens is 1. The fourth-order valence-electron chi connectivity index (χ4n) is 1.39. The maximum atomic E-state index is 4.64. The van der Waals surface area contributed by atoms with Crippen LogP contribution in [0.5, 0.6) is 0 Å². The number of rotatable bonds is 2. The van der Waals surface area contributed by atoms with Crippen LogP contribution in [0.4, 0.5) is 0 Å². The molecule has 0 aliphatic rings. The van der Waals surface area contributed by atoms with Crippen molar-refractivity contribution in [2.24, 2.45) is 0 Å². The molecule has 0 spiro atoms. The number of nitrogens with zero attached hydrogens (tertiary/aromatic N) is 1. The second-order valence-electron chi connectivity index (χ2n) is 3.73. The van der Waals surface area contributed by atoms with Crippen molar-refractivity contribution in [2.45, 2.75) is 19.8 Å². The number of hydrogen-bond donors (Lipinski definition) is 0. The molecule has 0 aliphatic carbocycles. The molecule has 2 aromatic rings. The molecule has 0 saturated heterocycles. The summed E-state index contributed by atoms with van der Waals surface area (Å²) in [7, 11) is 0. The number of hydrogen-bond acceptors (Lipinski definition) is 2. The smallest absolute Gasteiger partial charge is 0.0963 e. The van der Waals surface area contributed by atoms with E-state index in [1.54, 1.807) is 11.3 Å². The minimum atomic E-state index is 0.519. The predicted octanol–water partition coefficient (Wildman–Crippen LogP) is 4.83. The van der Waals surface area contributed by atoms with Crippen LogP contribution in [0.25, 0.3) is 16.3 Å². The van der Waals surface area contributed by atoms with Gasteiger partial charge in [0.2, 0.25) is 0 Å². The highest BCUT2D eigenvalue weighted by Gasteiger charge is 2.06. The first-order valence-corrected chi connectivity index (χ1v) is 6.94. The highest BCUT2D eigenvalue weighted by Crippen LogP contribution is 2.28. The third kappa shape index (κ3) is 2.39. The van der Waals surface area contributed by atoms with E-state index < -0.39 is 0 Å². The van der Waals surface area contributed by atoms with E-state index in [1.807, 2.05) is 4.08 Å². The van der Waals surface area contributed by atoms with Crippen LogP contribution < -0.4 is 0 Å². The van der Waals surface area contributed by atoms with E-state index in [-0.39, 0.29) is 0 Å². The topological polar surface area (TPSA) is 12.9 Å². The lowest BCUT2D eigenvalue weighted by Gasteiger charge is -1.94. The quantitative estimate of drug-likeness (QED) is 0.720. The molecule has 0 radical (unpaired) electrons. The average molecular weight is 329 g/mol. The zero-order valence-corrected chi connectivity index (χ0v) is 11.7. The molecule has 78 valence electrons. The first-order chi connectivity index (χ1) is 7.20. The highest BCUT2D eigenvalue weighted by molar-refractivity contribution is 14.1. The zero-order chi connectivity index (χ0) is 10.8. The Bertz CT molecular complexity index is 499. The van der Waals surface area contributed by atoms with Crippen molar-refractivity contribution in [1.82, 2.24) is 4.98 Å². The fraction of sp³-hybridized carbons (Fsp3) is 0.250. The second-order valence-corrected chi connectivity index (χ2v) is 5.51. The zero-order valence-electron chi connectivity index (χ0n) is 8.70. The van der Waals surface area contributed by atoms with E-state index in [0.717, 1.165) is 5.52 Å². The van der Waals surface area contributed by atoms with Crippen molar-refractivity contribution in [3.8, 4) is 0 Å². The maximum Gasteiger partial charge on any atom is 0.0963 e. The molecule has 0 saturated carbocycles. The van der Waals surface area contributed by atoms with Crippen LogP contribution in [0.3, 0.4) is 0 Å². The molecule has 0 fully saturated rings. The summed E-state index contributed by atoms with van der Waals surface area (Å²) < 4.78 is 3.30. The molecule has 15 heavy (non-hydrogen) atoms. The average Bonchev–Trinajstić information content (AvgIpc) is 2.61. The molecular formula is C12H12INS. The van der Waals surface area contributed by atoms with Gasteiger partial charge in [0, 0.05) is 5.92 Å². The van der Waals surface area contributed by atoms with Crippen LogP contribution in [0, 0.1) is 0 Å². The lowest BCUT2D eigenvalue weighted by molar-refractivity contribution is 0.857. The molecule has 0 atom stereocenters. The van der Waals surface area contributed by atoms with Crippen molar-refractivity contribution in [3.05, 3.63) is 32.9 Å². The van der Waals surface area contributed by atoms with Gasteiger partial charge in [0.1, 0.15) is 0 Å². The Morgan fingerprint density at radius 3 is 2.87 bits per heavy atom. The van der Waals surface area contributed by atoms with Gasteiger partial charge in [-0.05, 0) is 27.9 Å². The van der Waals surface area contributed by atoms with E-state index in [9.17, 15) is 0 Å². The number of thiazole rings is 1. The van der Waals surface area contributed by atoms with Crippen LogP contribution in [0.1, 0.15) is 30.3 Å². The Labute approximate surface area is 107 Å². The molecule has 0 unspecified atom stereocenters. The van der Waals surface area contributed by atoms with Crippen molar-refractivity contribution in [2.75, 3.05) is 0 Å². The van der Waals surface area contributed by atoms with Crippen LogP contribution in [-0.2, 0) is 0 Å². The highest BCUT2D eigenvalue weighted by atomic mass is 127. The minimum Gasteiger partial charge on any atom is -0.241 e. The summed E-state index contributed by atoms with van der Waals surface area (Å²) in [5, 5.41) is 1.22. The van der Waals surface area contributed by atoms with Gasteiger partial charge in [-0.25, -0.2) is 4.98 Å². The minimum absolute atomic E-state index is 0.519. The first kappa shape index (κ1) is 11.1. The van der Waals surface area contributed by atoms with Crippen LogP contribution in [-0.4, -0.2) is 4.98 Å². The summed E-state index contributed by atoms with van der Waals surface area (Å²) in [4.78, 5) is 4.64. The molecule has 1 aromatic carbocycles. The van der Waals surface area contributed by atoms with Gasteiger partial charge < -0.3 is 0 Å². The molecule has 0 aliphatic heterocycles. The van der Waals surface area contributed by atoms with E-state index >= 15 is 0 Å². The lowest BCUT2D eigenvalue weighted by Crippen LogP contribution is -1.83. The van der Waals surface area contributed by atoms with E-state index in [4.69, 9.17) is 0 Å². The van der Waals surface area contributed by atoms with Gasteiger partial charge in [0.05, 0.1) is 15.2 Å². The SMILES string of the molecule is CC(C)c1nc2cc(/C=C/I)ccc2s1. The van der Waals surface area contributed by atoms with E-state index in [2.05, 4.69) is 65.7 Å². The molecule has 1 nitrogen and oxygen atoms in total. The van der Waals surface area contributed by atoms with Gasteiger partial charge in [-0.3, -0.25) is 0 Å². The summed E-state index contributed by atoms with van der Waals surface area (Å²) in [6.07, 6.45) is 2.09. The molecular weight excluding hydrogens is 317 g/mol. The van der Waals surface area contributed by atoms with Crippen LogP contribution in [0.2, 0.25) is 0 Å². The van der Waals surface area contributed by atoms with Crippen LogP contribution in [0.15, 0.2) is 22.3 Å². The Morgan fingerprint density at radius 2 is 2.20 bits per heavy atom. The number of fused-ring (bicyclic) bond motifs is 1. The van der Waals surface area contributed by atoms with Crippen molar-refractivity contribution in [3.63, 3.8) is 0 Å². The summed E-state index contributed by atoms with van der Waals surface area (Å²) in [5.41, 5.74) is 2.34. The molecule has 1 heterocycles. The van der Waals surface area contributed by atoms with Crippen molar-refractivity contribution >= 4 is 50.2 Å². The summed E-state index contributed by atoms with van der Waals surface area (Å²) in [5.74, 6) is 0.519. The monoisotopic (exact) mass is 329 g/mol. The molecule has 0 N–H and O–H groups in total. The number of benzene rings is 1. The van der Waals surface area contributed by atoms with Crippen LogP contribution >= 0.6 is 33.9 Å². The third-order valence-electron chi connectivity index (χ3n) is 2.18. The molecule has 0 amide bonds. The summed E-state index contributed by atoms with van der Waals surface area (Å²) in [6, 6.07) is 6.44. The molecule has 2 rings (SSSR count). The van der Waals surface area contributed by atoms with Gasteiger partial charge in [0.15, 0.2) is 0 Å². The Balaban J connectivity index is 2.52. The Kier molecular flexibility index (Phi) is 3.41. The Morgan fingerprint density at radius 1 is 1.40 bits per heavy atom. The number of aromatic nitrogens is 1. The standard InChI is InChI=1S/C12H12INS/c1-8(2)12-14-10-7-9(5-6-13)3-4-11(10)15-12/h3-8H,1-2H3/b6-5+. The van der Waals surface area contributed by atoms with Gasteiger partial charge >= 0.3 is 0 Å². The third-order valence-corrected chi connectivity index (χ3v) is 3.87. The molecule has 3 heteroatoms. The van der Waals surface area contributed by atoms with E-state index in [1.165, 1.54) is 15.3 Å². The van der Waals surface area contributed by atoms with E-state index in [0.29, 0.717) is 5.92 Å². The van der Waals surface area contributed by atoms with Gasteiger partial charge in [-0.1, -0.05) is 42.5 Å². The van der Waals surface area contributed by atoms with Crippen molar-refractivity contribution < 1.29 is 0 Å². The normalized spacial score (nSPS) is 12.0. The first-order valence-electron chi connectivity index (χ1n) is 4.88. The van der Waals surface area contributed by atoms with Gasteiger partial charge in [-0.2, -0.15) is 0 Å². The van der Waals surface area contributed by atoms with Crippen molar-refractivity contribution in [1.29, 1.82) is 0 Å². The van der Waals surface area contributed by atoms with Gasteiger partial charge in [-0.15, -0.1) is 11.3 Å². The maximum absolute atomic E-state index is 4.64. The Hall–Kier alpha value is -0.420. The molecule has 0 bridgehead atoms. The van der Waals surface area contributed by atoms with Gasteiger partial charge in [0.25, 0.3) is 0 Å².